The number of carbonyl (C=O) groups is 1. The van der Waals surface area contributed by atoms with E-state index in [0.717, 1.165) is 22.9 Å². The van der Waals surface area contributed by atoms with E-state index in [9.17, 15) is 4.79 Å². The Morgan fingerprint density at radius 2 is 2.53 bits per heavy atom. The standard InChI is InChI=1S/C11H16N2O2S2/c1-15-11(4-6-16-8-11)7-12-10(14)13-9-3-2-5-17-9/h2-3,5H,4,6-8H2,1H3,(H2,12,13,14)/t11-/m0/s1. The van der Waals surface area contributed by atoms with Crippen LogP contribution in [0.4, 0.5) is 9.80 Å². The van der Waals surface area contributed by atoms with Crippen molar-refractivity contribution in [2.45, 2.75) is 12.0 Å². The van der Waals surface area contributed by atoms with Crippen molar-refractivity contribution in [2.75, 3.05) is 30.5 Å². The number of ether oxygens (including phenoxy) is 1. The first kappa shape index (κ1) is 12.7. The highest BCUT2D eigenvalue weighted by Crippen LogP contribution is 2.30. The first-order valence-electron chi connectivity index (χ1n) is 5.45. The highest BCUT2D eigenvalue weighted by atomic mass is 32.2. The summed E-state index contributed by atoms with van der Waals surface area (Å²) < 4.78 is 5.52. The molecule has 1 aliphatic heterocycles. The van der Waals surface area contributed by atoms with Gasteiger partial charge in [0.15, 0.2) is 0 Å². The van der Waals surface area contributed by atoms with Crippen LogP contribution in [0.1, 0.15) is 6.42 Å². The van der Waals surface area contributed by atoms with Gasteiger partial charge >= 0.3 is 6.03 Å². The fraction of sp³-hybridized carbons (Fsp3) is 0.545. The van der Waals surface area contributed by atoms with E-state index in [4.69, 9.17) is 4.74 Å². The lowest BCUT2D eigenvalue weighted by atomic mass is 10.0. The van der Waals surface area contributed by atoms with Gasteiger partial charge in [-0.25, -0.2) is 4.79 Å². The number of thiophene rings is 1. The van der Waals surface area contributed by atoms with Gasteiger partial charge in [-0.3, -0.25) is 5.32 Å². The molecule has 0 bridgehead atoms. The molecule has 2 amide bonds. The molecule has 1 fully saturated rings. The third kappa shape index (κ3) is 3.37. The molecule has 1 atom stereocenters. The van der Waals surface area contributed by atoms with Crippen molar-refractivity contribution in [3.63, 3.8) is 0 Å². The quantitative estimate of drug-likeness (QED) is 0.885. The third-order valence-corrected chi connectivity index (χ3v) is 4.84. The van der Waals surface area contributed by atoms with Gasteiger partial charge in [0.25, 0.3) is 0 Å². The Labute approximate surface area is 109 Å². The summed E-state index contributed by atoms with van der Waals surface area (Å²) in [5.41, 5.74) is -0.183. The van der Waals surface area contributed by atoms with E-state index in [1.807, 2.05) is 29.3 Å². The van der Waals surface area contributed by atoms with Crippen LogP contribution in [-0.2, 0) is 4.74 Å². The SMILES string of the molecule is CO[C@]1(CNC(=O)Nc2cccs2)CCSC1. The van der Waals surface area contributed by atoms with Gasteiger partial charge in [-0.1, -0.05) is 0 Å². The number of hydrogen-bond acceptors (Lipinski definition) is 4. The summed E-state index contributed by atoms with van der Waals surface area (Å²) in [6.45, 7) is 0.563. The molecule has 0 aromatic carbocycles. The van der Waals surface area contributed by atoms with E-state index in [-0.39, 0.29) is 11.6 Å². The van der Waals surface area contributed by atoms with E-state index in [2.05, 4.69) is 10.6 Å². The number of urea groups is 1. The Hall–Kier alpha value is -0.720. The minimum Gasteiger partial charge on any atom is -0.376 e. The maximum Gasteiger partial charge on any atom is 0.319 e. The molecule has 0 saturated carbocycles. The summed E-state index contributed by atoms with van der Waals surface area (Å²) in [7, 11) is 1.71. The zero-order valence-corrected chi connectivity index (χ0v) is 11.3. The molecule has 2 heterocycles. The number of thioether (sulfide) groups is 1. The van der Waals surface area contributed by atoms with Gasteiger partial charge in [0.2, 0.25) is 0 Å². The second kappa shape index (κ2) is 5.75. The topological polar surface area (TPSA) is 50.4 Å². The Morgan fingerprint density at radius 3 is 3.12 bits per heavy atom. The van der Waals surface area contributed by atoms with Crippen LogP contribution in [0, 0.1) is 0 Å². The van der Waals surface area contributed by atoms with Gasteiger partial charge < -0.3 is 10.1 Å². The molecule has 1 aromatic rings. The highest BCUT2D eigenvalue weighted by molar-refractivity contribution is 7.99. The van der Waals surface area contributed by atoms with Crippen LogP contribution < -0.4 is 10.6 Å². The third-order valence-electron chi connectivity index (χ3n) is 2.83. The van der Waals surface area contributed by atoms with E-state index < -0.39 is 0 Å². The number of rotatable bonds is 4. The Bertz CT molecular complexity index is 362. The number of methoxy groups -OCH3 is 1. The van der Waals surface area contributed by atoms with Crippen molar-refractivity contribution in [1.82, 2.24) is 5.32 Å². The number of anilines is 1. The predicted molar refractivity (Wildman–Crippen MR) is 73.0 cm³/mol. The largest absolute Gasteiger partial charge is 0.376 e. The second-order valence-corrected chi connectivity index (χ2v) is 6.03. The Morgan fingerprint density at radius 1 is 1.65 bits per heavy atom. The number of hydrogen-bond donors (Lipinski definition) is 2. The van der Waals surface area contributed by atoms with Gasteiger partial charge in [-0.15, -0.1) is 11.3 Å². The molecule has 6 heteroatoms. The van der Waals surface area contributed by atoms with Crippen LogP contribution in [0.5, 0.6) is 0 Å². The molecule has 0 spiro atoms. The smallest absolute Gasteiger partial charge is 0.319 e. The lowest BCUT2D eigenvalue weighted by Crippen LogP contribution is -2.45. The molecule has 0 unspecified atom stereocenters. The molecular weight excluding hydrogens is 256 g/mol. The highest BCUT2D eigenvalue weighted by Gasteiger charge is 2.34. The van der Waals surface area contributed by atoms with Gasteiger partial charge in [-0.05, 0) is 29.7 Å². The average molecular weight is 272 g/mol. The van der Waals surface area contributed by atoms with Gasteiger partial charge in [0.05, 0.1) is 10.6 Å². The van der Waals surface area contributed by atoms with Crippen LogP contribution in [0.3, 0.4) is 0 Å². The van der Waals surface area contributed by atoms with Crippen molar-refractivity contribution in [1.29, 1.82) is 0 Å². The van der Waals surface area contributed by atoms with E-state index in [1.54, 1.807) is 7.11 Å². The Kier molecular flexibility index (Phi) is 4.31. The van der Waals surface area contributed by atoms with Gasteiger partial charge in [-0.2, -0.15) is 11.8 Å². The van der Waals surface area contributed by atoms with Crippen LogP contribution in [0.15, 0.2) is 17.5 Å². The molecular formula is C11H16N2O2S2. The van der Waals surface area contributed by atoms with Gasteiger partial charge in [0, 0.05) is 19.4 Å². The summed E-state index contributed by atoms with van der Waals surface area (Å²) in [5.74, 6) is 2.05. The molecule has 94 valence electrons. The molecule has 2 rings (SSSR count). The first-order chi connectivity index (χ1) is 8.24. The fourth-order valence-corrected chi connectivity index (χ4v) is 3.72. The maximum atomic E-state index is 11.6. The predicted octanol–water partition coefficient (Wildman–Crippen LogP) is 2.39. The van der Waals surface area contributed by atoms with E-state index >= 15 is 0 Å². The monoisotopic (exact) mass is 272 g/mol. The van der Waals surface area contributed by atoms with Crippen LogP contribution >= 0.6 is 23.1 Å². The van der Waals surface area contributed by atoms with Crippen molar-refractivity contribution >= 4 is 34.1 Å². The second-order valence-electron chi connectivity index (χ2n) is 3.97. The molecule has 1 saturated heterocycles. The van der Waals surface area contributed by atoms with Crippen molar-refractivity contribution < 1.29 is 9.53 Å². The van der Waals surface area contributed by atoms with Crippen LogP contribution in [0.2, 0.25) is 0 Å². The molecule has 1 aromatic heterocycles. The summed E-state index contributed by atoms with van der Waals surface area (Å²) in [6.07, 6.45) is 0.994. The lowest BCUT2D eigenvalue weighted by molar-refractivity contribution is 0.0161. The summed E-state index contributed by atoms with van der Waals surface area (Å²) >= 11 is 3.37. The molecule has 4 nitrogen and oxygen atoms in total. The average Bonchev–Trinajstić information content (AvgIpc) is 2.98. The summed E-state index contributed by atoms with van der Waals surface area (Å²) in [6, 6.07) is 3.62. The number of nitrogens with one attached hydrogen (secondary N) is 2. The maximum absolute atomic E-state index is 11.6. The molecule has 17 heavy (non-hydrogen) atoms. The van der Waals surface area contributed by atoms with Crippen molar-refractivity contribution in [3.05, 3.63) is 17.5 Å². The minimum atomic E-state index is -0.183. The number of carbonyl (C=O) groups excluding carboxylic acids is 1. The lowest BCUT2D eigenvalue weighted by Gasteiger charge is -2.26. The minimum absolute atomic E-state index is 0.166. The zero-order valence-electron chi connectivity index (χ0n) is 9.69. The van der Waals surface area contributed by atoms with E-state index in [0.29, 0.717) is 6.54 Å². The molecule has 0 aliphatic carbocycles. The number of amides is 2. The molecule has 2 N–H and O–H groups in total. The van der Waals surface area contributed by atoms with Crippen LogP contribution in [-0.4, -0.2) is 36.8 Å². The normalized spacial score (nSPS) is 23.6. The first-order valence-corrected chi connectivity index (χ1v) is 7.49. The van der Waals surface area contributed by atoms with Crippen molar-refractivity contribution in [2.24, 2.45) is 0 Å². The van der Waals surface area contributed by atoms with Crippen LogP contribution in [0.25, 0.3) is 0 Å². The zero-order chi connectivity index (χ0) is 12.1. The summed E-state index contributed by atoms with van der Waals surface area (Å²) in [4.78, 5) is 11.6. The Balaban J connectivity index is 1.79. The van der Waals surface area contributed by atoms with Gasteiger partial charge in [0.1, 0.15) is 0 Å². The van der Waals surface area contributed by atoms with Crippen molar-refractivity contribution in [3.8, 4) is 0 Å². The summed E-state index contributed by atoms with van der Waals surface area (Å²) in [5, 5.41) is 8.45. The fourth-order valence-electron chi connectivity index (χ4n) is 1.71. The molecule has 1 aliphatic rings. The van der Waals surface area contributed by atoms with E-state index in [1.165, 1.54) is 11.3 Å². The molecule has 0 radical (unpaired) electrons.